The van der Waals surface area contributed by atoms with Crippen LogP contribution in [-0.2, 0) is 6.18 Å². The monoisotopic (exact) mass is 376 g/mol. The van der Waals surface area contributed by atoms with Gasteiger partial charge in [0.05, 0.1) is 11.3 Å². The van der Waals surface area contributed by atoms with Gasteiger partial charge in [-0.3, -0.25) is 4.98 Å². The van der Waals surface area contributed by atoms with Gasteiger partial charge >= 0.3 is 6.18 Å². The first-order valence-corrected chi connectivity index (χ1v) is 8.87. The Balaban J connectivity index is 1.65. The molecule has 4 rings (SSSR count). The number of hydrogen-bond donors (Lipinski definition) is 2. The molecule has 4 nitrogen and oxygen atoms in total. The fraction of sp³-hybridized carbons (Fsp3) is 0.350. The molecule has 3 aromatic rings. The van der Waals surface area contributed by atoms with Gasteiger partial charge in [0, 0.05) is 30.5 Å². The number of furan rings is 1. The molecule has 0 spiro atoms. The minimum atomic E-state index is -4.40. The fourth-order valence-corrected chi connectivity index (χ4v) is 3.63. The van der Waals surface area contributed by atoms with Crippen LogP contribution in [0.2, 0.25) is 0 Å². The van der Waals surface area contributed by atoms with Crippen LogP contribution in [0.4, 0.5) is 18.9 Å². The first kappa shape index (κ1) is 17.9. The van der Waals surface area contributed by atoms with Crippen LogP contribution in [0.1, 0.15) is 24.8 Å². The molecule has 1 saturated carbocycles. The Bertz CT molecular complexity index is 952. The maximum atomic E-state index is 13.0. The molecule has 1 aliphatic carbocycles. The zero-order valence-corrected chi connectivity index (χ0v) is 14.5. The highest BCUT2D eigenvalue weighted by molar-refractivity contribution is 5.89. The molecule has 27 heavy (non-hydrogen) atoms. The zero-order chi connectivity index (χ0) is 19.0. The summed E-state index contributed by atoms with van der Waals surface area (Å²) in [5.41, 5.74) is 1.52. The molecule has 2 N–H and O–H groups in total. The summed E-state index contributed by atoms with van der Waals surface area (Å²) in [5, 5.41) is 12.7. The number of nitrogens with zero attached hydrogens (tertiary/aromatic N) is 1. The first-order valence-electron chi connectivity index (χ1n) is 8.87. The molecule has 1 aliphatic rings. The molecule has 2 atom stereocenters. The molecule has 0 unspecified atom stereocenters. The molecular formula is C20H19F3N2O2. The highest BCUT2D eigenvalue weighted by Gasteiger charge is 2.31. The second-order valence-electron chi connectivity index (χ2n) is 6.97. The summed E-state index contributed by atoms with van der Waals surface area (Å²) in [4.78, 5) is 4.27. The Morgan fingerprint density at radius 2 is 2.04 bits per heavy atom. The molecule has 0 aliphatic heterocycles. The van der Waals surface area contributed by atoms with Gasteiger partial charge in [-0.25, -0.2) is 0 Å². The number of nitrogens with one attached hydrogen (secondary N) is 1. The highest BCUT2D eigenvalue weighted by atomic mass is 19.4. The average molecular weight is 376 g/mol. The maximum absolute atomic E-state index is 13.0. The Labute approximate surface area is 154 Å². The third-order valence-electron chi connectivity index (χ3n) is 5.05. The van der Waals surface area contributed by atoms with E-state index < -0.39 is 11.7 Å². The minimum Gasteiger partial charge on any atom is -0.452 e. The van der Waals surface area contributed by atoms with Crippen molar-refractivity contribution in [2.45, 2.75) is 31.5 Å². The Morgan fingerprint density at radius 1 is 1.19 bits per heavy atom. The van der Waals surface area contributed by atoms with Crippen molar-refractivity contribution in [1.29, 1.82) is 0 Å². The predicted octanol–water partition coefficient (Wildman–Crippen LogP) is 5.09. The van der Waals surface area contributed by atoms with Gasteiger partial charge < -0.3 is 14.8 Å². The normalized spacial score (nSPS) is 20.3. The zero-order valence-electron chi connectivity index (χ0n) is 14.5. The maximum Gasteiger partial charge on any atom is 0.416 e. The van der Waals surface area contributed by atoms with Gasteiger partial charge in [-0.1, -0.05) is 12.1 Å². The van der Waals surface area contributed by atoms with Crippen molar-refractivity contribution in [3.8, 4) is 11.3 Å². The first-order chi connectivity index (χ1) is 12.9. The van der Waals surface area contributed by atoms with Crippen LogP contribution in [0.3, 0.4) is 0 Å². The summed E-state index contributed by atoms with van der Waals surface area (Å²) in [5.74, 6) is 0.648. The minimum absolute atomic E-state index is 0.185. The van der Waals surface area contributed by atoms with Crippen LogP contribution in [0.15, 0.2) is 47.0 Å². The average Bonchev–Trinajstić information content (AvgIpc) is 3.28. The fourth-order valence-electron chi connectivity index (χ4n) is 3.63. The Hall–Kier alpha value is -2.54. The van der Waals surface area contributed by atoms with Crippen molar-refractivity contribution in [1.82, 2.24) is 4.98 Å². The van der Waals surface area contributed by atoms with E-state index >= 15 is 0 Å². The number of anilines is 1. The number of benzene rings is 1. The second kappa shape index (κ2) is 6.88. The smallest absolute Gasteiger partial charge is 0.416 e. The molecule has 142 valence electrons. The molecule has 0 radical (unpaired) electrons. The molecule has 1 fully saturated rings. The summed E-state index contributed by atoms with van der Waals surface area (Å²) in [7, 11) is 0. The molecule has 2 heterocycles. The highest BCUT2D eigenvalue weighted by Crippen LogP contribution is 2.36. The SMILES string of the molecule is OC[C@@H]1CC[C@H](Nc2ccnc3cc(-c4cccc(C(F)(F)F)c4)oc23)C1. The van der Waals surface area contributed by atoms with Crippen LogP contribution in [-0.4, -0.2) is 22.7 Å². The summed E-state index contributed by atoms with van der Waals surface area (Å²) < 4.78 is 44.8. The predicted molar refractivity (Wildman–Crippen MR) is 96.3 cm³/mol. The number of hydrogen-bond acceptors (Lipinski definition) is 4. The molecule has 0 bridgehead atoms. The van der Waals surface area contributed by atoms with E-state index in [4.69, 9.17) is 4.42 Å². The third-order valence-corrected chi connectivity index (χ3v) is 5.05. The van der Waals surface area contributed by atoms with Crippen LogP contribution >= 0.6 is 0 Å². The topological polar surface area (TPSA) is 58.3 Å². The summed E-state index contributed by atoms with van der Waals surface area (Å²) >= 11 is 0. The standard InChI is InChI=1S/C20H19F3N2O2/c21-20(22,23)14-3-1-2-13(9-14)18-10-17-19(27-18)16(6-7-24-17)25-15-5-4-12(8-15)11-26/h1-3,6-7,9-10,12,15,26H,4-5,8,11H2,(H,24,25)/t12-,15+/m1/s1. The van der Waals surface area contributed by atoms with Gasteiger partial charge in [0.15, 0.2) is 5.58 Å². The van der Waals surface area contributed by atoms with Crippen molar-refractivity contribution in [2.75, 3.05) is 11.9 Å². The van der Waals surface area contributed by atoms with Crippen molar-refractivity contribution in [3.05, 3.63) is 48.2 Å². The Kier molecular flexibility index (Phi) is 4.55. The lowest BCUT2D eigenvalue weighted by atomic mass is 10.1. The van der Waals surface area contributed by atoms with E-state index in [-0.39, 0.29) is 12.6 Å². The molecule has 1 aromatic carbocycles. The van der Waals surface area contributed by atoms with E-state index in [1.165, 1.54) is 6.07 Å². The van der Waals surface area contributed by atoms with Gasteiger partial charge in [-0.2, -0.15) is 13.2 Å². The molecule has 7 heteroatoms. The van der Waals surface area contributed by atoms with Crippen LogP contribution in [0.25, 0.3) is 22.4 Å². The van der Waals surface area contributed by atoms with Crippen LogP contribution in [0.5, 0.6) is 0 Å². The van der Waals surface area contributed by atoms with Crippen molar-refractivity contribution in [2.24, 2.45) is 5.92 Å². The van der Waals surface area contributed by atoms with E-state index in [1.807, 2.05) is 0 Å². The van der Waals surface area contributed by atoms with Gasteiger partial charge in [0.25, 0.3) is 0 Å². The number of aromatic nitrogens is 1. The number of aliphatic hydroxyl groups excluding tert-OH is 1. The van der Waals surface area contributed by atoms with Crippen LogP contribution < -0.4 is 5.32 Å². The number of fused-ring (bicyclic) bond motifs is 1. The van der Waals surface area contributed by atoms with E-state index in [9.17, 15) is 18.3 Å². The van der Waals surface area contributed by atoms with Gasteiger partial charge in [-0.05, 0) is 43.4 Å². The van der Waals surface area contributed by atoms with Gasteiger partial charge in [-0.15, -0.1) is 0 Å². The quantitative estimate of drug-likeness (QED) is 0.666. The second-order valence-corrected chi connectivity index (χ2v) is 6.97. The lowest BCUT2D eigenvalue weighted by Crippen LogP contribution is -2.16. The van der Waals surface area contributed by atoms with E-state index in [0.717, 1.165) is 37.1 Å². The summed E-state index contributed by atoms with van der Waals surface area (Å²) in [6.45, 7) is 0.185. The van der Waals surface area contributed by atoms with Crippen molar-refractivity contribution in [3.63, 3.8) is 0 Å². The Morgan fingerprint density at radius 3 is 2.78 bits per heavy atom. The van der Waals surface area contributed by atoms with Gasteiger partial charge in [0.1, 0.15) is 11.3 Å². The number of aliphatic hydroxyl groups is 1. The molecule has 2 aromatic heterocycles. The van der Waals surface area contributed by atoms with Crippen LogP contribution in [0, 0.1) is 5.92 Å². The largest absolute Gasteiger partial charge is 0.452 e. The van der Waals surface area contributed by atoms with E-state index in [0.29, 0.717) is 28.3 Å². The summed E-state index contributed by atoms with van der Waals surface area (Å²) in [6.07, 6.45) is 0.0427. The van der Waals surface area contributed by atoms with Crippen molar-refractivity contribution >= 4 is 16.8 Å². The summed E-state index contributed by atoms with van der Waals surface area (Å²) in [6, 6.07) is 8.75. The molecule has 0 amide bonds. The number of alkyl halides is 3. The lowest BCUT2D eigenvalue weighted by molar-refractivity contribution is -0.137. The molecular weight excluding hydrogens is 357 g/mol. The number of halogens is 3. The lowest BCUT2D eigenvalue weighted by Gasteiger charge is -2.14. The van der Waals surface area contributed by atoms with E-state index in [2.05, 4.69) is 10.3 Å². The number of rotatable bonds is 4. The number of pyridine rings is 1. The van der Waals surface area contributed by atoms with Crippen molar-refractivity contribution < 1.29 is 22.7 Å². The van der Waals surface area contributed by atoms with Gasteiger partial charge in [0.2, 0.25) is 0 Å². The van der Waals surface area contributed by atoms with E-state index in [1.54, 1.807) is 24.4 Å². The third kappa shape index (κ3) is 3.64. The molecule has 0 saturated heterocycles.